The molecule has 0 bridgehead atoms. The number of ether oxygens (including phenoxy) is 1. The number of hydrogen-bond acceptors (Lipinski definition) is 4. The quantitative estimate of drug-likeness (QED) is 0.847. The average molecular weight is 324 g/mol. The summed E-state index contributed by atoms with van der Waals surface area (Å²) in [6.07, 6.45) is 1.62. The van der Waals surface area contributed by atoms with Crippen LogP contribution in [0.25, 0.3) is 0 Å². The minimum absolute atomic E-state index is 0.0711. The Morgan fingerprint density at radius 3 is 2.23 bits per heavy atom. The van der Waals surface area contributed by atoms with Crippen LogP contribution >= 0.6 is 0 Å². The minimum atomic E-state index is -3.48. The van der Waals surface area contributed by atoms with E-state index in [2.05, 4.69) is 0 Å². The number of benzene rings is 1. The molecular weight excluding hydrogens is 304 g/mol. The number of carbonyl (C=O) groups is 1. The third kappa shape index (κ3) is 3.25. The monoisotopic (exact) mass is 324 g/mol. The van der Waals surface area contributed by atoms with Gasteiger partial charge in [0, 0.05) is 26.2 Å². The zero-order chi connectivity index (χ0) is 15.7. The summed E-state index contributed by atoms with van der Waals surface area (Å²) < 4.78 is 31.8. The van der Waals surface area contributed by atoms with Gasteiger partial charge in [-0.3, -0.25) is 0 Å². The van der Waals surface area contributed by atoms with Gasteiger partial charge in [-0.2, -0.15) is 4.31 Å². The fourth-order valence-corrected chi connectivity index (χ4v) is 3.80. The van der Waals surface area contributed by atoms with Crippen molar-refractivity contribution < 1.29 is 17.9 Å². The van der Waals surface area contributed by atoms with Gasteiger partial charge in [-0.25, -0.2) is 13.2 Å². The molecule has 0 spiro atoms. The van der Waals surface area contributed by atoms with Gasteiger partial charge in [0.05, 0.1) is 4.90 Å². The van der Waals surface area contributed by atoms with E-state index < -0.39 is 10.0 Å². The van der Waals surface area contributed by atoms with Crippen LogP contribution in [0, 0.1) is 6.92 Å². The lowest BCUT2D eigenvalue weighted by atomic mass is 10.2. The number of rotatable bonds is 3. The predicted octanol–water partition coefficient (Wildman–Crippen LogP) is 1.60. The normalized spacial score (nSPS) is 20.0. The van der Waals surface area contributed by atoms with E-state index in [4.69, 9.17) is 4.74 Å². The molecule has 3 rings (SSSR count). The van der Waals surface area contributed by atoms with Crippen LogP contribution in [0.1, 0.15) is 18.4 Å². The summed E-state index contributed by atoms with van der Waals surface area (Å²) in [5.74, 6) is 0. The highest BCUT2D eigenvalue weighted by Crippen LogP contribution is 2.25. The van der Waals surface area contributed by atoms with Crippen LogP contribution in [0.2, 0.25) is 0 Å². The molecule has 1 aliphatic carbocycles. The van der Waals surface area contributed by atoms with E-state index in [1.54, 1.807) is 29.2 Å². The summed E-state index contributed by atoms with van der Waals surface area (Å²) >= 11 is 0. The molecule has 0 N–H and O–H groups in total. The van der Waals surface area contributed by atoms with Crippen LogP contribution in [0.5, 0.6) is 0 Å². The smallest absolute Gasteiger partial charge is 0.410 e. The second-order valence-corrected chi connectivity index (χ2v) is 7.73. The summed E-state index contributed by atoms with van der Waals surface area (Å²) in [7, 11) is -3.48. The van der Waals surface area contributed by atoms with Gasteiger partial charge in [0.1, 0.15) is 6.10 Å². The SMILES string of the molecule is Cc1ccc(S(=O)(=O)N2CCN(C(=O)OC3CC3)CC2)cc1. The molecule has 1 aromatic rings. The maximum Gasteiger partial charge on any atom is 0.410 e. The first-order chi connectivity index (χ1) is 10.5. The third-order valence-corrected chi connectivity index (χ3v) is 5.86. The molecule has 22 heavy (non-hydrogen) atoms. The Balaban J connectivity index is 1.62. The fraction of sp³-hybridized carbons (Fsp3) is 0.533. The molecule has 120 valence electrons. The summed E-state index contributed by atoms with van der Waals surface area (Å²) in [5.41, 5.74) is 1.02. The van der Waals surface area contributed by atoms with Crippen molar-refractivity contribution in [1.82, 2.24) is 9.21 Å². The Kier molecular flexibility index (Phi) is 4.10. The molecular formula is C15H20N2O4S. The predicted molar refractivity (Wildman–Crippen MR) is 81.0 cm³/mol. The number of hydrogen-bond donors (Lipinski definition) is 0. The molecule has 7 heteroatoms. The maximum atomic E-state index is 12.6. The van der Waals surface area contributed by atoms with Gasteiger partial charge in [-0.1, -0.05) is 17.7 Å². The molecule has 1 aromatic carbocycles. The first-order valence-electron chi connectivity index (χ1n) is 7.49. The second-order valence-electron chi connectivity index (χ2n) is 5.79. The summed E-state index contributed by atoms with van der Waals surface area (Å²) in [6, 6.07) is 6.82. The van der Waals surface area contributed by atoms with Gasteiger partial charge in [0.15, 0.2) is 0 Å². The Labute approximate surface area is 130 Å². The van der Waals surface area contributed by atoms with Crippen molar-refractivity contribution in [3.05, 3.63) is 29.8 Å². The van der Waals surface area contributed by atoms with Gasteiger partial charge in [0.25, 0.3) is 0 Å². The highest BCUT2D eigenvalue weighted by molar-refractivity contribution is 7.89. The molecule has 0 aromatic heterocycles. The fourth-order valence-electron chi connectivity index (χ4n) is 2.37. The third-order valence-electron chi connectivity index (χ3n) is 3.95. The molecule has 0 radical (unpaired) electrons. The minimum Gasteiger partial charge on any atom is -0.446 e. The van der Waals surface area contributed by atoms with E-state index in [-0.39, 0.29) is 12.2 Å². The van der Waals surface area contributed by atoms with Gasteiger partial charge in [-0.05, 0) is 31.9 Å². The van der Waals surface area contributed by atoms with E-state index >= 15 is 0 Å². The zero-order valence-electron chi connectivity index (χ0n) is 12.6. The van der Waals surface area contributed by atoms with Crippen LogP contribution in [-0.4, -0.2) is 56.0 Å². The number of piperazine rings is 1. The molecule has 1 saturated carbocycles. The number of nitrogens with zero attached hydrogens (tertiary/aromatic N) is 2. The van der Waals surface area contributed by atoms with Crippen molar-refractivity contribution in [3.63, 3.8) is 0 Å². The standard InChI is InChI=1S/C15H20N2O4S/c1-12-2-6-14(7-3-12)22(19,20)17-10-8-16(9-11-17)15(18)21-13-4-5-13/h2-3,6-7,13H,4-5,8-11H2,1H3. The molecule has 0 unspecified atom stereocenters. The molecule has 1 amide bonds. The van der Waals surface area contributed by atoms with Crippen molar-refractivity contribution in [3.8, 4) is 0 Å². The van der Waals surface area contributed by atoms with Crippen molar-refractivity contribution in [2.45, 2.75) is 30.8 Å². The molecule has 1 saturated heterocycles. The van der Waals surface area contributed by atoms with E-state index in [0.29, 0.717) is 31.1 Å². The first-order valence-corrected chi connectivity index (χ1v) is 8.93. The van der Waals surface area contributed by atoms with E-state index in [9.17, 15) is 13.2 Å². The highest BCUT2D eigenvalue weighted by atomic mass is 32.2. The molecule has 0 atom stereocenters. The van der Waals surface area contributed by atoms with E-state index in [1.807, 2.05) is 6.92 Å². The van der Waals surface area contributed by atoms with Crippen LogP contribution in [-0.2, 0) is 14.8 Å². The topological polar surface area (TPSA) is 66.9 Å². The largest absolute Gasteiger partial charge is 0.446 e. The lowest BCUT2D eigenvalue weighted by Gasteiger charge is -2.33. The lowest BCUT2D eigenvalue weighted by molar-refractivity contribution is 0.0835. The zero-order valence-corrected chi connectivity index (χ0v) is 13.4. The van der Waals surface area contributed by atoms with Crippen molar-refractivity contribution >= 4 is 16.1 Å². The second kappa shape index (κ2) is 5.89. The molecule has 6 nitrogen and oxygen atoms in total. The Morgan fingerprint density at radius 1 is 1.09 bits per heavy atom. The van der Waals surface area contributed by atoms with Gasteiger partial charge in [0.2, 0.25) is 10.0 Å². The lowest BCUT2D eigenvalue weighted by Crippen LogP contribution is -2.50. The van der Waals surface area contributed by atoms with Crippen LogP contribution in [0.4, 0.5) is 4.79 Å². The van der Waals surface area contributed by atoms with Gasteiger partial charge in [-0.15, -0.1) is 0 Å². The molecule has 1 aliphatic heterocycles. The number of aryl methyl sites for hydroxylation is 1. The Hall–Kier alpha value is -1.60. The van der Waals surface area contributed by atoms with Crippen LogP contribution in [0.15, 0.2) is 29.2 Å². The number of sulfonamides is 1. The molecule has 2 fully saturated rings. The maximum absolute atomic E-state index is 12.6. The Bertz CT molecular complexity index is 645. The summed E-state index contributed by atoms with van der Waals surface area (Å²) in [4.78, 5) is 13.7. The van der Waals surface area contributed by atoms with E-state index in [0.717, 1.165) is 18.4 Å². The van der Waals surface area contributed by atoms with Crippen LogP contribution < -0.4 is 0 Å². The van der Waals surface area contributed by atoms with E-state index in [1.165, 1.54) is 4.31 Å². The molecule has 1 heterocycles. The summed E-state index contributed by atoms with van der Waals surface area (Å²) in [5, 5.41) is 0. The van der Waals surface area contributed by atoms with Gasteiger partial charge >= 0.3 is 6.09 Å². The van der Waals surface area contributed by atoms with Crippen molar-refractivity contribution in [1.29, 1.82) is 0 Å². The Morgan fingerprint density at radius 2 is 1.68 bits per heavy atom. The summed E-state index contributed by atoms with van der Waals surface area (Å²) in [6.45, 7) is 3.26. The van der Waals surface area contributed by atoms with Crippen molar-refractivity contribution in [2.75, 3.05) is 26.2 Å². The number of amides is 1. The van der Waals surface area contributed by atoms with Crippen LogP contribution in [0.3, 0.4) is 0 Å². The average Bonchev–Trinajstić information content (AvgIpc) is 3.32. The number of carbonyl (C=O) groups excluding carboxylic acids is 1. The van der Waals surface area contributed by atoms with Gasteiger partial charge < -0.3 is 9.64 Å². The first kappa shape index (κ1) is 15.3. The highest BCUT2D eigenvalue weighted by Gasteiger charge is 2.33. The van der Waals surface area contributed by atoms with Crippen molar-refractivity contribution in [2.24, 2.45) is 0 Å². The molecule has 2 aliphatic rings.